The minimum atomic E-state index is -0.304. The van der Waals surface area contributed by atoms with E-state index in [1.807, 2.05) is 18.7 Å². The van der Waals surface area contributed by atoms with Gasteiger partial charge in [-0.3, -0.25) is 4.79 Å². The summed E-state index contributed by atoms with van der Waals surface area (Å²) in [6, 6.07) is 3.22. The van der Waals surface area contributed by atoms with Crippen LogP contribution in [0, 0.1) is 5.82 Å². The molecule has 0 aromatic carbocycles. The second kappa shape index (κ2) is 8.64. The van der Waals surface area contributed by atoms with E-state index in [-0.39, 0.29) is 24.3 Å². The molecule has 0 saturated carbocycles. The van der Waals surface area contributed by atoms with Crippen LogP contribution in [0.5, 0.6) is 0 Å². The fourth-order valence-electron chi connectivity index (χ4n) is 2.52. The van der Waals surface area contributed by atoms with Gasteiger partial charge in [0.15, 0.2) is 17.6 Å². The topological polar surface area (TPSA) is 64.1 Å². The maximum atomic E-state index is 13.9. The highest BCUT2D eigenvalue weighted by molar-refractivity contribution is 5.85. The fraction of sp³-hybridized carbons (Fsp3) is 0.588. The molecule has 0 unspecified atom stereocenters. The number of aliphatic imine (C=N–C) groups is 1. The van der Waals surface area contributed by atoms with Crippen LogP contribution in [-0.2, 0) is 4.79 Å². The number of piperazine rings is 1. The van der Waals surface area contributed by atoms with Crippen LogP contribution in [0.3, 0.4) is 0 Å². The van der Waals surface area contributed by atoms with Crippen molar-refractivity contribution in [1.29, 1.82) is 0 Å². The SMILES string of the molecule is CC(C)NC(=NCC(=O)N(C)C)N1CCN(c2ncccc2F)CC1. The number of hydrogen-bond acceptors (Lipinski definition) is 4. The van der Waals surface area contributed by atoms with E-state index in [9.17, 15) is 9.18 Å². The van der Waals surface area contributed by atoms with E-state index in [0.29, 0.717) is 38.0 Å². The maximum absolute atomic E-state index is 13.9. The van der Waals surface area contributed by atoms with Crippen molar-refractivity contribution in [3.05, 3.63) is 24.1 Å². The molecular weight excluding hydrogens is 323 g/mol. The normalized spacial score (nSPS) is 15.5. The zero-order chi connectivity index (χ0) is 18.4. The molecule has 1 amide bonds. The third-order valence-electron chi connectivity index (χ3n) is 3.90. The molecule has 1 aromatic heterocycles. The number of anilines is 1. The number of halogens is 1. The van der Waals surface area contributed by atoms with E-state index in [4.69, 9.17) is 0 Å². The van der Waals surface area contributed by atoms with E-state index in [0.717, 1.165) is 0 Å². The molecule has 0 spiro atoms. The summed E-state index contributed by atoms with van der Waals surface area (Å²) >= 11 is 0. The molecular formula is C17H27FN6O. The van der Waals surface area contributed by atoms with Crippen LogP contribution in [0.1, 0.15) is 13.8 Å². The number of hydrogen-bond donors (Lipinski definition) is 1. The highest BCUT2D eigenvalue weighted by Gasteiger charge is 2.23. The number of amides is 1. The van der Waals surface area contributed by atoms with Gasteiger partial charge in [-0.25, -0.2) is 14.4 Å². The third-order valence-corrected chi connectivity index (χ3v) is 3.90. The van der Waals surface area contributed by atoms with Crippen molar-refractivity contribution in [2.24, 2.45) is 4.99 Å². The Labute approximate surface area is 148 Å². The minimum Gasteiger partial charge on any atom is -0.354 e. The van der Waals surface area contributed by atoms with Gasteiger partial charge in [-0.15, -0.1) is 0 Å². The first kappa shape index (κ1) is 19.0. The zero-order valence-corrected chi connectivity index (χ0v) is 15.4. The van der Waals surface area contributed by atoms with Gasteiger partial charge in [0.25, 0.3) is 0 Å². The van der Waals surface area contributed by atoms with Crippen LogP contribution in [0.25, 0.3) is 0 Å². The molecule has 1 N–H and O–H groups in total. The zero-order valence-electron chi connectivity index (χ0n) is 15.4. The van der Waals surface area contributed by atoms with E-state index in [2.05, 4.69) is 20.2 Å². The van der Waals surface area contributed by atoms with E-state index >= 15 is 0 Å². The van der Waals surface area contributed by atoms with E-state index in [1.54, 1.807) is 26.4 Å². The summed E-state index contributed by atoms with van der Waals surface area (Å²) in [5.74, 6) is 0.755. The summed E-state index contributed by atoms with van der Waals surface area (Å²) in [5.41, 5.74) is 0. The number of rotatable bonds is 4. The number of aromatic nitrogens is 1. The van der Waals surface area contributed by atoms with Gasteiger partial charge in [-0.05, 0) is 26.0 Å². The molecule has 1 fully saturated rings. The Morgan fingerprint density at radius 3 is 2.60 bits per heavy atom. The standard InChI is InChI=1S/C17H27FN6O/c1-13(2)21-17(20-12-15(25)22(3)4)24-10-8-23(9-11-24)16-14(18)6-5-7-19-16/h5-7,13H,8-12H2,1-4H3,(H,20,21). The first-order chi connectivity index (χ1) is 11.9. The number of nitrogens with zero attached hydrogens (tertiary/aromatic N) is 5. The van der Waals surface area contributed by atoms with Crippen molar-refractivity contribution in [3.63, 3.8) is 0 Å². The van der Waals surface area contributed by atoms with E-state index < -0.39 is 0 Å². The van der Waals surface area contributed by atoms with Gasteiger partial charge < -0.3 is 20.0 Å². The van der Waals surface area contributed by atoms with Gasteiger partial charge in [-0.1, -0.05) is 0 Å². The minimum absolute atomic E-state index is 0.0442. The number of guanidine groups is 1. The Bertz CT molecular complexity index is 611. The average molecular weight is 350 g/mol. The lowest BCUT2D eigenvalue weighted by Gasteiger charge is -2.37. The van der Waals surface area contributed by atoms with Gasteiger partial charge in [-0.2, -0.15) is 0 Å². The maximum Gasteiger partial charge on any atom is 0.243 e. The lowest BCUT2D eigenvalue weighted by Crippen LogP contribution is -2.54. The molecule has 1 aliphatic heterocycles. The van der Waals surface area contributed by atoms with Crippen LogP contribution in [0.4, 0.5) is 10.2 Å². The first-order valence-electron chi connectivity index (χ1n) is 8.50. The number of likely N-dealkylation sites (N-methyl/N-ethyl adjacent to an activating group) is 1. The molecule has 1 saturated heterocycles. The smallest absolute Gasteiger partial charge is 0.243 e. The van der Waals surface area contributed by atoms with Gasteiger partial charge >= 0.3 is 0 Å². The highest BCUT2D eigenvalue weighted by Crippen LogP contribution is 2.17. The Morgan fingerprint density at radius 2 is 2.04 bits per heavy atom. The molecule has 0 aliphatic carbocycles. The quantitative estimate of drug-likeness (QED) is 0.642. The Kier molecular flexibility index (Phi) is 6.55. The Hall–Kier alpha value is -2.38. The molecule has 2 rings (SSSR count). The Balaban J connectivity index is 2.02. The molecule has 0 bridgehead atoms. The summed E-state index contributed by atoms with van der Waals surface area (Å²) in [6.45, 7) is 6.83. The molecule has 7 nitrogen and oxygen atoms in total. The highest BCUT2D eigenvalue weighted by atomic mass is 19.1. The second-order valence-corrected chi connectivity index (χ2v) is 6.51. The summed E-state index contributed by atoms with van der Waals surface area (Å²) in [5, 5.41) is 3.31. The molecule has 0 atom stereocenters. The van der Waals surface area contributed by atoms with Gasteiger partial charge in [0.1, 0.15) is 6.54 Å². The summed E-state index contributed by atoms with van der Waals surface area (Å²) < 4.78 is 13.9. The van der Waals surface area contributed by atoms with Crippen molar-refractivity contribution < 1.29 is 9.18 Å². The number of carbonyl (C=O) groups is 1. The number of pyridine rings is 1. The van der Waals surface area contributed by atoms with Crippen molar-refractivity contribution in [2.45, 2.75) is 19.9 Å². The second-order valence-electron chi connectivity index (χ2n) is 6.51. The number of nitrogens with one attached hydrogen (secondary N) is 1. The van der Waals surface area contributed by atoms with Crippen molar-refractivity contribution in [3.8, 4) is 0 Å². The van der Waals surface area contributed by atoms with Crippen LogP contribution in [0.2, 0.25) is 0 Å². The van der Waals surface area contributed by atoms with E-state index in [1.165, 1.54) is 11.0 Å². The summed E-state index contributed by atoms with van der Waals surface area (Å²) in [6.07, 6.45) is 1.60. The lowest BCUT2D eigenvalue weighted by molar-refractivity contribution is -0.127. The van der Waals surface area contributed by atoms with Crippen LogP contribution >= 0.6 is 0 Å². The summed E-state index contributed by atoms with van der Waals surface area (Å²) in [4.78, 5) is 26.0. The monoisotopic (exact) mass is 350 g/mol. The van der Waals surface area contributed by atoms with Crippen molar-refractivity contribution in [2.75, 3.05) is 51.7 Å². The molecule has 0 radical (unpaired) electrons. The molecule has 8 heteroatoms. The summed E-state index contributed by atoms with van der Waals surface area (Å²) in [7, 11) is 3.43. The molecule has 138 valence electrons. The third kappa shape index (κ3) is 5.30. The Morgan fingerprint density at radius 1 is 1.36 bits per heavy atom. The van der Waals surface area contributed by atoms with Crippen molar-refractivity contribution >= 4 is 17.7 Å². The number of carbonyl (C=O) groups excluding carboxylic acids is 1. The van der Waals surface area contributed by atoms with Crippen LogP contribution in [-0.4, -0.2) is 79.5 Å². The predicted molar refractivity (Wildman–Crippen MR) is 97.2 cm³/mol. The van der Waals surface area contributed by atoms with Crippen molar-refractivity contribution in [1.82, 2.24) is 20.1 Å². The van der Waals surface area contributed by atoms with Crippen LogP contribution < -0.4 is 10.2 Å². The molecule has 1 aliphatic rings. The fourth-order valence-corrected chi connectivity index (χ4v) is 2.52. The molecule has 2 heterocycles. The molecule has 25 heavy (non-hydrogen) atoms. The molecule has 1 aromatic rings. The van der Waals surface area contributed by atoms with Gasteiger partial charge in [0.05, 0.1) is 0 Å². The largest absolute Gasteiger partial charge is 0.354 e. The van der Waals surface area contributed by atoms with Gasteiger partial charge in [0.2, 0.25) is 5.91 Å². The predicted octanol–water partition coefficient (Wildman–Crippen LogP) is 0.785. The van der Waals surface area contributed by atoms with Gasteiger partial charge in [0, 0.05) is 52.5 Å². The van der Waals surface area contributed by atoms with Crippen LogP contribution in [0.15, 0.2) is 23.3 Å². The average Bonchev–Trinajstić information content (AvgIpc) is 2.58. The lowest BCUT2D eigenvalue weighted by atomic mass is 10.3. The first-order valence-corrected chi connectivity index (χ1v) is 8.50.